The summed E-state index contributed by atoms with van der Waals surface area (Å²) in [5, 5.41) is 11.4. The van der Waals surface area contributed by atoms with E-state index in [2.05, 4.69) is 15.5 Å². The van der Waals surface area contributed by atoms with Crippen molar-refractivity contribution in [2.75, 3.05) is 18.0 Å². The smallest absolute Gasteiger partial charge is 0.319 e. The van der Waals surface area contributed by atoms with Crippen LogP contribution in [0.2, 0.25) is 0 Å². The van der Waals surface area contributed by atoms with Crippen LogP contribution in [0.25, 0.3) is 0 Å². The summed E-state index contributed by atoms with van der Waals surface area (Å²) in [6.07, 6.45) is -0.167. The monoisotopic (exact) mass is 560 g/mol. The Hall–Kier alpha value is -3.38. The van der Waals surface area contributed by atoms with Gasteiger partial charge in [-0.25, -0.2) is 8.78 Å². The van der Waals surface area contributed by atoms with Crippen LogP contribution in [0.1, 0.15) is 70.7 Å². The number of aromatic nitrogens is 3. The zero-order chi connectivity index (χ0) is 28.4. The van der Waals surface area contributed by atoms with Crippen molar-refractivity contribution in [2.24, 2.45) is 7.05 Å². The Morgan fingerprint density at radius 1 is 1.12 bits per heavy atom. The van der Waals surface area contributed by atoms with Gasteiger partial charge in [0, 0.05) is 30.4 Å². The highest BCUT2D eigenvalue weighted by Gasteiger charge is 2.48. The molecule has 6 rings (SSSR count). The van der Waals surface area contributed by atoms with E-state index in [-0.39, 0.29) is 29.8 Å². The molecular weight excluding hydrogens is 531 g/mol. The molecule has 40 heavy (non-hydrogen) atoms. The number of carbonyl (C=O) groups excluding carboxylic acids is 1. The van der Waals surface area contributed by atoms with Crippen molar-refractivity contribution in [1.82, 2.24) is 25.0 Å². The van der Waals surface area contributed by atoms with Crippen molar-refractivity contribution in [1.29, 1.82) is 0 Å². The number of likely N-dealkylation sites (tertiary alicyclic amines) is 1. The van der Waals surface area contributed by atoms with Gasteiger partial charge < -0.3 is 14.8 Å². The first-order chi connectivity index (χ1) is 18.8. The molecule has 212 valence electrons. The van der Waals surface area contributed by atoms with Crippen molar-refractivity contribution in [3.05, 3.63) is 76.4 Å². The Labute approximate surface area is 228 Å². The van der Waals surface area contributed by atoms with E-state index in [0.717, 1.165) is 25.3 Å². The van der Waals surface area contributed by atoms with Crippen LogP contribution in [0, 0.1) is 0 Å². The van der Waals surface area contributed by atoms with Crippen LogP contribution < -0.4 is 10.2 Å². The minimum absolute atomic E-state index is 0.0306. The zero-order valence-electron chi connectivity index (χ0n) is 22.1. The van der Waals surface area contributed by atoms with E-state index in [9.17, 15) is 26.7 Å². The predicted octanol–water partition coefficient (Wildman–Crippen LogP) is 5.07. The van der Waals surface area contributed by atoms with E-state index in [1.54, 1.807) is 46.8 Å². The lowest BCUT2D eigenvalue weighted by Crippen LogP contribution is -2.57. The molecule has 12 heteroatoms. The number of nitrogens with one attached hydrogen (secondary N) is 1. The highest BCUT2D eigenvalue weighted by atomic mass is 19.4. The van der Waals surface area contributed by atoms with Crippen LogP contribution in [0.5, 0.6) is 0 Å². The van der Waals surface area contributed by atoms with Crippen LogP contribution in [0.4, 0.5) is 27.6 Å². The molecule has 0 radical (unpaired) electrons. The molecule has 1 saturated heterocycles. The summed E-state index contributed by atoms with van der Waals surface area (Å²) in [7, 11) is 1.71. The first kappa shape index (κ1) is 26.8. The van der Waals surface area contributed by atoms with Gasteiger partial charge in [0.25, 0.3) is 11.8 Å². The minimum Gasteiger partial charge on any atom is -0.319 e. The van der Waals surface area contributed by atoms with Crippen molar-refractivity contribution in [2.45, 2.75) is 63.0 Å². The molecule has 3 aromatic rings. The number of benzene rings is 2. The lowest BCUT2D eigenvalue weighted by molar-refractivity contribution is -0.142. The predicted molar refractivity (Wildman–Crippen MR) is 137 cm³/mol. The average Bonchev–Trinajstić information content (AvgIpc) is 3.43. The van der Waals surface area contributed by atoms with Gasteiger partial charge in [-0.1, -0.05) is 12.1 Å². The number of anilines is 1. The van der Waals surface area contributed by atoms with Crippen molar-refractivity contribution in [3.8, 4) is 0 Å². The van der Waals surface area contributed by atoms with Crippen LogP contribution in [-0.4, -0.2) is 50.1 Å². The fourth-order valence-corrected chi connectivity index (χ4v) is 5.89. The second kappa shape index (κ2) is 9.34. The van der Waals surface area contributed by atoms with Crippen molar-refractivity contribution >= 4 is 11.6 Å². The number of halogens is 5. The van der Waals surface area contributed by atoms with Gasteiger partial charge in [0.1, 0.15) is 6.33 Å². The Bertz CT molecular complexity index is 1460. The van der Waals surface area contributed by atoms with E-state index < -0.39 is 42.7 Å². The third kappa shape index (κ3) is 4.77. The second-order valence-electron chi connectivity index (χ2n) is 11.4. The largest absolute Gasteiger partial charge is 0.416 e. The highest BCUT2D eigenvalue weighted by molar-refractivity contribution is 6.10. The second-order valence-corrected chi connectivity index (χ2v) is 11.4. The lowest BCUT2D eigenvalue weighted by atomic mass is 9.78. The molecule has 0 spiro atoms. The Balaban J connectivity index is 1.33. The van der Waals surface area contributed by atoms with E-state index in [4.69, 9.17) is 0 Å². The van der Waals surface area contributed by atoms with Gasteiger partial charge in [-0.2, -0.15) is 13.2 Å². The number of carbonyl (C=O) groups is 1. The molecular formula is C28H29F5N6O. The summed E-state index contributed by atoms with van der Waals surface area (Å²) >= 11 is 0. The maximum atomic E-state index is 14.2. The molecule has 1 aromatic heterocycles. The van der Waals surface area contributed by atoms with Crippen molar-refractivity contribution in [3.63, 3.8) is 0 Å². The Kier molecular flexibility index (Phi) is 6.26. The molecule has 1 aliphatic carbocycles. The summed E-state index contributed by atoms with van der Waals surface area (Å²) in [5.41, 5.74) is 0.428. The standard InChI is InChI=1S/C28H29F5N6O/c1-26(7-4-8-26)34-12-17-9-20-21(22(10-17)28(31,32)33)13-39(25(20)40)19-6-3-5-18(11-19)23(24-36-35-16-37(24)2)38-14-27(29,30)15-38/h3,5-6,9-11,16,23,34H,4,7-8,12-15H2,1-2H3/t23-/m1/s1. The zero-order valence-corrected chi connectivity index (χ0v) is 22.1. The summed E-state index contributed by atoms with van der Waals surface area (Å²) in [5.74, 6) is -2.90. The molecule has 2 fully saturated rings. The number of rotatable bonds is 7. The SMILES string of the molecule is Cn1cnnc1[C@@H](c1cccc(N2Cc3c(cc(CNC4(C)CCC4)cc3C(F)(F)F)C2=O)c1)N1CC(F)(F)C1. The maximum Gasteiger partial charge on any atom is 0.416 e. The molecule has 0 unspecified atom stereocenters. The molecule has 7 nitrogen and oxygen atoms in total. The lowest BCUT2D eigenvalue weighted by Gasteiger charge is -2.43. The average molecular weight is 561 g/mol. The van der Waals surface area contributed by atoms with Gasteiger partial charge in [0.2, 0.25) is 0 Å². The molecule has 2 aromatic carbocycles. The first-order valence-corrected chi connectivity index (χ1v) is 13.2. The molecule has 1 N–H and O–H groups in total. The van der Waals surface area contributed by atoms with Crippen LogP contribution in [-0.2, 0) is 26.3 Å². The number of fused-ring (bicyclic) bond motifs is 1. The van der Waals surface area contributed by atoms with Gasteiger partial charge in [0.15, 0.2) is 5.82 Å². The summed E-state index contributed by atoms with van der Waals surface area (Å²) in [6, 6.07) is 8.72. The first-order valence-electron chi connectivity index (χ1n) is 13.2. The third-order valence-corrected chi connectivity index (χ3v) is 8.31. The number of hydrogen-bond donors (Lipinski definition) is 1. The van der Waals surface area contributed by atoms with Gasteiger partial charge in [-0.3, -0.25) is 9.69 Å². The Morgan fingerprint density at radius 3 is 2.48 bits per heavy atom. The third-order valence-electron chi connectivity index (χ3n) is 8.31. The summed E-state index contributed by atoms with van der Waals surface area (Å²) in [4.78, 5) is 16.4. The number of nitrogens with zero attached hydrogens (tertiary/aromatic N) is 5. The van der Waals surface area contributed by atoms with E-state index >= 15 is 0 Å². The van der Waals surface area contributed by atoms with Crippen molar-refractivity contribution < 1.29 is 26.7 Å². The van der Waals surface area contributed by atoms with Gasteiger partial charge in [0.05, 0.1) is 31.2 Å². The molecule has 1 amide bonds. The normalized spacial score (nSPS) is 20.7. The minimum atomic E-state index is -4.63. The van der Waals surface area contributed by atoms with E-state index in [1.165, 1.54) is 11.2 Å². The molecule has 1 saturated carbocycles. The van der Waals surface area contributed by atoms with Gasteiger partial charge in [-0.05, 0) is 67.1 Å². The quantitative estimate of drug-likeness (QED) is 0.409. The molecule has 2 aliphatic heterocycles. The topological polar surface area (TPSA) is 66.3 Å². The van der Waals surface area contributed by atoms with Crippen LogP contribution >= 0.6 is 0 Å². The Morgan fingerprint density at radius 2 is 1.88 bits per heavy atom. The summed E-state index contributed by atoms with van der Waals surface area (Å²) < 4.78 is 71.7. The molecule has 3 aliphatic rings. The van der Waals surface area contributed by atoms with Crippen LogP contribution in [0.15, 0.2) is 42.7 Å². The maximum absolute atomic E-state index is 14.2. The number of amides is 1. The molecule has 1 atom stereocenters. The number of alkyl halides is 5. The fourth-order valence-electron chi connectivity index (χ4n) is 5.89. The molecule has 3 heterocycles. The highest BCUT2D eigenvalue weighted by Crippen LogP contribution is 2.42. The summed E-state index contributed by atoms with van der Waals surface area (Å²) in [6.45, 7) is 1.11. The fraction of sp³-hybridized carbons (Fsp3) is 0.464. The van der Waals surface area contributed by atoms with Gasteiger partial charge in [-0.15, -0.1) is 10.2 Å². The van der Waals surface area contributed by atoms with Gasteiger partial charge >= 0.3 is 6.18 Å². The van der Waals surface area contributed by atoms with E-state index in [1.807, 2.05) is 6.92 Å². The molecule has 0 bridgehead atoms. The number of aryl methyl sites for hydroxylation is 1. The number of hydrogen-bond acceptors (Lipinski definition) is 5. The van der Waals surface area contributed by atoms with E-state index in [0.29, 0.717) is 22.6 Å². The van der Waals surface area contributed by atoms with Crippen LogP contribution in [0.3, 0.4) is 0 Å².